The van der Waals surface area contributed by atoms with Crippen LogP contribution in [0, 0.1) is 0 Å². The zero-order valence-corrected chi connectivity index (χ0v) is 35.7. The van der Waals surface area contributed by atoms with E-state index in [0.717, 1.165) is 12.1 Å². The normalized spacial score (nSPS) is 16.5. The third-order valence-electron chi connectivity index (χ3n) is 14.3. The van der Waals surface area contributed by atoms with E-state index in [2.05, 4.69) is 237 Å². The number of benzene rings is 8. The number of hydrogen-bond acceptors (Lipinski definition) is 1. The number of rotatable bonds is 6. The first-order valence-electron chi connectivity index (χ1n) is 22.1. The maximum Gasteiger partial charge on any atom is 0.0547 e. The first-order valence-corrected chi connectivity index (χ1v) is 22.1. The van der Waals surface area contributed by atoms with Gasteiger partial charge in [-0.1, -0.05) is 179 Å². The Morgan fingerprint density at radius 1 is 0.516 bits per heavy atom. The van der Waals surface area contributed by atoms with Gasteiger partial charge >= 0.3 is 0 Å². The largest absolute Gasteiger partial charge is 0.310 e. The standard InChI is InChI=1S/C60H48N2/c1-59(2)51-26-12-9-22-48(51)58-52(59)27-16-30-56(58)61(43-34-31-39(32-35-43)40-33-36-47-46-21-8-11-25-50(46)60(3,4)53(47)38-40)44-20-14-17-41(37-44)45-24-15-29-55-57(45)49-23-10-13-28-54(49)62(55)42-18-6-5-7-19-42/h5-31,33-39H,32H2,1-4H3. The number of hydrogen-bond donors (Lipinski definition) is 0. The molecule has 1 aromatic heterocycles. The number of aromatic nitrogens is 1. The maximum absolute atomic E-state index is 2.53. The highest BCUT2D eigenvalue weighted by molar-refractivity contribution is 6.16. The Balaban J connectivity index is 1.00. The molecular formula is C60H48N2. The lowest BCUT2D eigenvalue weighted by Gasteiger charge is -2.32. The highest BCUT2D eigenvalue weighted by Gasteiger charge is 2.39. The highest BCUT2D eigenvalue weighted by atomic mass is 15.2. The van der Waals surface area contributed by atoms with Crippen molar-refractivity contribution in [2.45, 2.75) is 50.9 Å². The lowest BCUT2D eigenvalue weighted by Crippen LogP contribution is -2.19. The van der Waals surface area contributed by atoms with Crippen LogP contribution in [0.4, 0.5) is 11.4 Å². The molecule has 0 fully saturated rings. The number of nitrogens with zero attached hydrogens (tertiary/aromatic N) is 2. The second kappa shape index (κ2) is 13.7. The van der Waals surface area contributed by atoms with Crippen LogP contribution in [-0.2, 0) is 10.8 Å². The zero-order valence-electron chi connectivity index (χ0n) is 35.7. The van der Waals surface area contributed by atoms with Gasteiger partial charge in [-0.15, -0.1) is 0 Å². The fourth-order valence-electron chi connectivity index (χ4n) is 11.3. The van der Waals surface area contributed by atoms with E-state index in [9.17, 15) is 0 Å². The summed E-state index contributed by atoms with van der Waals surface area (Å²) in [5.41, 5.74) is 21.8. The minimum absolute atomic E-state index is 0.0261. The number of para-hydroxylation sites is 2. The molecule has 12 rings (SSSR count). The summed E-state index contributed by atoms with van der Waals surface area (Å²) in [5.74, 6) is 0.289. The summed E-state index contributed by atoms with van der Waals surface area (Å²) >= 11 is 0. The molecule has 0 saturated carbocycles. The molecule has 0 spiro atoms. The van der Waals surface area contributed by atoms with E-state index in [4.69, 9.17) is 0 Å². The van der Waals surface area contributed by atoms with Crippen LogP contribution in [0.1, 0.15) is 67.9 Å². The highest BCUT2D eigenvalue weighted by Crippen LogP contribution is 2.54. The van der Waals surface area contributed by atoms with E-state index in [1.807, 2.05) is 0 Å². The molecule has 2 nitrogen and oxygen atoms in total. The van der Waals surface area contributed by atoms with Crippen LogP contribution in [0.3, 0.4) is 0 Å². The third-order valence-corrected chi connectivity index (χ3v) is 14.3. The van der Waals surface area contributed by atoms with E-state index in [0.29, 0.717) is 0 Å². The molecule has 0 saturated heterocycles. The number of fused-ring (bicyclic) bond motifs is 9. The molecule has 1 heterocycles. The van der Waals surface area contributed by atoms with Crippen molar-refractivity contribution in [2.24, 2.45) is 0 Å². The quantitative estimate of drug-likeness (QED) is 0.163. The molecule has 9 aromatic rings. The maximum atomic E-state index is 2.53. The molecule has 298 valence electrons. The summed E-state index contributed by atoms with van der Waals surface area (Å²) in [6, 6.07) is 67.7. The predicted molar refractivity (Wildman–Crippen MR) is 261 cm³/mol. The molecule has 2 heteroatoms. The van der Waals surface area contributed by atoms with Crippen molar-refractivity contribution in [3.05, 3.63) is 234 Å². The Morgan fingerprint density at radius 3 is 1.98 bits per heavy atom. The van der Waals surface area contributed by atoms with Gasteiger partial charge in [-0.25, -0.2) is 0 Å². The van der Waals surface area contributed by atoms with E-state index in [1.54, 1.807) is 0 Å². The second-order valence-electron chi connectivity index (χ2n) is 18.4. The van der Waals surface area contributed by atoms with Crippen molar-refractivity contribution in [3.8, 4) is 39.1 Å². The molecule has 0 N–H and O–H groups in total. The van der Waals surface area contributed by atoms with Gasteiger partial charge in [0.25, 0.3) is 0 Å². The van der Waals surface area contributed by atoms with Crippen LogP contribution in [0.15, 0.2) is 206 Å². The molecule has 0 bridgehead atoms. The smallest absolute Gasteiger partial charge is 0.0547 e. The molecule has 62 heavy (non-hydrogen) atoms. The zero-order chi connectivity index (χ0) is 41.7. The Hall–Kier alpha value is -7.16. The fraction of sp³-hybridized carbons (Fsp3) is 0.133. The minimum Gasteiger partial charge on any atom is -0.310 e. The predicted octanol–water partition coefficient (Wildman–Crippen LogP) is 15.8. The summed E-state index contributed by atoms with van der Waals surface area (Å²) in [4.78, 5) is 2.53. The average Bonchev–Trinajstić information content (AvgIpc) is 3.87. The van der Waals surface area contributed by atoms with Gasteiger partial charge in [-0.3, -0.25) is 0 Å². The van der Waals surface area contributed by atoms with Crippen molar-refractivity contribution < 1.29 is 0 Å². The Kier molecular flexibility index (Phi) is 8.09. The van der Waals surface area contributed by atoms with Crippen molar-refractivity contribution in [3.63, 3.8) is 0 Å². The van der Waals surface area contributed by atoms with Gasteiger partial charge in [0, 0.05) is 50.2 Å². The van der Waals surface area contributed by atoms with Crippen LogP contribution < -0.4 is 4.90 Å². The van der Waals surface area contributed by atoms with E-state index >= 15 is 0 Å². The molecule has 8 aromatic carbocycles. The molecule has 1 unspecified atom stereocenters. The Labute approximate surface area is 364 Å². The molecular weight excluding hydrogens is 749 g/mol. The van der Waals surface area contributed by atoms with Crippen molar-refractivity contribution in [1.82, 2.24) is 4.57 Å². The van der Waals surface area contributed by atoms with Crippen LogP contribution in [0.2, 0.25) is 0 Å². The summed E-state index contributed by atoms with van der Waals surface area (Å²) < 4.78 is 2.41. The average molecular weight is 797 g/mol. The molecule has 0 aliphatic heterocycles. The van der Waals surface area contributed by atoms with Crippen molar-refractivity contribution in [1.29, 1.82) is 0 Å². The first kappa shape index (κ1) is 36.7. The fourth-order valence-corrected chi connectivity index (χ4v) is 11.3. The topological polar surface area (TPSA) is 8.17 Å². The molecule has 3 aliphatic rings. The first-order chi connectivity index (χ1) is 30.3. The van der Waals surface area contributed by atoms with Crippen molar-refractivity contribution in [2.75, 3.05) is 4.90 Å². The van der Waals surface area contributed by atoms with Gasteiger partial charge < -0.3 is 9.47 Å². The van der Waals surface area contributed by atoms with Crippen LogP contribution in [0.25, 0.3) is 60.9 Å². The summed E-state index contributed by atoms with van der Waals surface area (Å²) in [7, 11) is 0. The summed E-state index contributed by atoms with van der Waals surface area (Å²) in [5, 5.41) is 2.53. The van der Waals surface area contributed by atoms with E-state index < -0.39 is 0 Å². The Morgan fingerprint density at radius 2 is 1.16 bits per heavy atom. The summed E-state index contributed by atoms with van der Waals surface area (Å²) in [6.45, 7) is 9.50. The van der Waals surface area contributed by atoms with E-state index in [1.165, 1.54) is 100 Å². The van der Waals surface area contributed by atoms with Gasteiger partial charge in [0.2, 0.25) is 0 Å². The second-order valence-corrected chi connectivity index (χ2v) is 18.4. The molecule has 0 radical (unpaired) electrons. The minimum atomic E-state index is -0.110. The van der Waals surface area contributed by atoms with Crippen LogP contribution in [0.5, 0.6) is 0 Å². The SMILES string of the molecule is CC1(C)c2ccccc2-c2ccc(C3C=CC(N(c4cccc(-c5cccc6c5c5ccccc5n6-c5ccccc5)c4)c4cccc5c4-c4ccccc4C5(C)C)=CC3)cc21. The van der Waals surface area contributed by atoms with Crippen molar-refractivity contribution >= 4 is 33.2 Å². The third kappa shape index (κ3) is 5.36. The number of allylic oxidation sites excluding steroid dienone is 3. The lowest BCUT2D eigenvalue weighted by atomic mass is 9.80. The van der Waals surface area contributed by atoms with Gasteiger partial charge in [0.05, 0.1) is 16.7 Å². The lowest BCUT2D eigenvalue weighted by molar-refractivity contribution is 0.658. The molecule has 1 atom stereocenters. The van der Waals surface area contributed by atoms with Gasteiger partial charge in [0.15, 0.2) is 0 Å². The molecule has 3 aliphatic carbocycles. The molecule has 0 amide bonds. The Bertz CT molecular complexity index is 3340. The van der Waals surface area contributed by atoms with Crippen LogP contribution in [-0.4, -0.2) is 4.57 Å². The monoisotopic (exact) mass is 796 g/mol. The van der Waals surface area contributed by atoms with E-state index in [-0.39, 0.29) is 16.7 Å². The van der Waals surface area contributed by atoms with Gasteiger partial charge in [0.1, 0.15) is 0 Å². The van der Waals surface area contributed by atoms with Gasteiger partial charge in [-0.05, 0) is 111 Å². The van der Waals surface area contributed by atoms with Gasteiger partial charge in [-0.2, -0.15) is 0 Å². The summed E-state index contributed by atoms with van der Waals surface area (Å²) in [6.07, 6.45) is 8.23. The number of anilines is 2. The van der Waals surface area contributed by atoms with Crippen LogP contribution >= 0.6 is 0 Å².